The van der Waals surface area contributed by atoms with Gasteiger partial charge in [0.05, 0.1) is 5.56 Å². The van der Waals surface area contributed by atoms with Crippen molar-refractivity contribution in [3.05, 3.63) is 40.9 Å². The van der Waals surface area contributed by atoms with Gasteiger partial charge >= 0.3 is 0 Å². The van der Waals surface area contributed by atoms with Crippen LogP contribution in [0.2, 0.25) is 0 Å². The van der Waals surface area contributed by atoms with Crippen molar-refractivity contribution >= 4 is 27.5 Å². The Labute approximate surface area is 104 Å². The summed E-state index contributed by atoms with van der Waals surface area (Å²) >= 11 is 3.31. The van der Waals surface area contributed by atoms with Crippen LogP contribution >= 0.6 is 15.9 Å². The predicted molar refractivity (Wildman–Crippen MR) is 70.3 cm³/mol. The second kappa shape index (κ2) is 5.70. The number of nitrogen functional groups attached to an aromatic ring is 1. The summed E-state index contributed by atoms with van der Waals surface area (Å²) in [6, 6.07) is 5.27. The maximum Gasteiger partial charge on any atom is 0.256 e. The van der Waals surface area contributed by atoms with Gasteiger partial charge in [-0.2, -0.15) is 0 Å². The molecule has 0 aliphatic carbocycles. The van der Waals surface area contributed by atoms with E-state index in [1.165, 1.54) is 0 Å². The standard InChI is InChI=1S/C12H15BrN2O/c1-3-7-15(4-2)12(16)10-6-5-9(13)8-11(10)14/h3,5-6,8H,1,4,7,14H2,2H3. The van der Waals surface area contributed by atoms with E-state index in [9.17, 15) is 4.79 Å². The normalized spacial score (nSPS) is 9.88. The van der Waals surface area contributed by atoms with Gasteiger partial charge in [-0.1, -0.05) is 22.0 Å². The lowest BCUT2D eigenvalue weighted by Crippen LogP contribution is -2.31. The van der Waals surface area contributed by atoms with Crippen molar-refractivity contribution in [2.45, 2.75) is 6.92 Å². The minimum atomic E-state index is -0.0626. The first-order valence-corrected chi connectivity index (χ1v) is 5.84. The number of anilines is 1. The lowest BCUT2D eigenvalue weighted by Gasteiger charge is -2.19. The highest BCUT2D eigenvalue weighted by Gasteiger charge is 2.15. The third kappa shape index (κ3) is 2.85. The van der Waals surface area contributed by atoms with E-state index in [-0.39, 0.29) is 5.91 Å². The SMILES string of the molecule is C=CCN(CC)C(=O)c1ccc(Br)cc1N. The van der Waals surface area contributed by atoms with Crippen LogP contribution < -0.4 is 5.73 Å². The van der Waals surface area contributed by atoms with Gasteiger partial charge in [0.25, 0.3) is 5.91 Å². The van der Waals surface area contributed by atoms with Crippen molar-refractivity contribution in [2.75, 3.05) is 18.8 Å². The molecule has 0 saturated heterocycles. The van der Waals surface area contributed by atoms with Crippen LogP contribution in [-0.4, -0.2) is 23.9 Å². The number of carbonyl (C=O) groups is 1. The fourth-order valence-corrected chi connectivity index (χ4v) is 1.79. The zero-order valence-corrected chi connectivity index (χ0v) is 10.8. The predicted octanol–water partition coefficient (Wildman–Crippen LogP) is 2.68. The quantitative estimate of drug-likeness (QED) is 0.682. The van der Waals surface area contributed by atoms with Gasteiger partial charge in [0.2, 0.25) is 0 Å². The van der Waals surface area contributed by atoms with Crippen molar-refractivity contribution in [3.8, 4) is 0 Å². The number of carbonyl (C=O) groups excluding carboxylic acids is 1. The van der Waals surface area contributed by atoms with Crippen LogP contribution in [0.25, 0.3) is 0 Å². The van der Waals surface area contributed by atoms with Gasteiger partial charge in [0, 0.05) is 23.2 Å². The molecule has 3 nitrogen and oxygen atoms in total. The van der Waals surface area contributed by atoms with Crippen molar-refractivity contribution < 1.29 is 4.79 Å². The van der Waals surface area contributed by atoms with Crippen LogP contribution in [0.15, 0.2) is 35.3 Å². The minimum absolute atomic E-state index is 0.0626. The van der Waals surface area contributed by atoms with Gasteiger partial charge in [-0.25, -0.2) is 0 Å². The second-order valence-corrected chi connectivity index (χ2v) is 4.28. The third-order valence-corrected chi connectivity index (χ3v) is 2.76. The molecule has 0 unspecified atom stereocenters. The lowest BCUT2D eigenvalue weighted by molar-refractivity contribution is 0.0783. The average molecular weight is 283 g/mol. The summed E-state index contributed by atoms with van der Waals surface area (Å²) in [6.07, 6.45) is 1.70. The average Bonchev–Trinajstić information content (AvgIpc) is 2.25. The largest absolute Gasteiger partial charge is 0.398 e. The Kier molecular flexibility index (Phi) is 4.55. The van der Waals surface area contributed by atoms with Crippen molar-refractivity contribution in [3.63, 3.8) is 0 Å². The highest BCUT2D eigenvalue weighted by atomic mass is 79.9. The van der Waals surface area contributed by atoms with E-state index in [2.05, 4.69) is 22.5 Å². The Morgan fingerprint density at radius 3 is 2.81 bits per heavy atom. The van der Waals surface area contributed by atoms with Gasteiger partial charge in [-0.05, 0) is 25.1 Å². The molecule has 0 aromatic heterocycles. The molecule has 4 heteroatoms. The highest BCUT2D eigenvalue weighted by molar-refractivity contribution is 9.10. The molecule has 0 bridgehead atoms. The Hall–Kier alpha value is -1.29. The van der Waals surface area contributed by atoms with Crippen molar-refractivity contribution in [2.24, 2.45) is 0 Å². The van der Waals surface area contributed by atoms with E-state index in [0.717, 1.165) is 4.47 Å². The third-order valence-electron chi connectivity index (χ3n) is 2.26. The summed E-state index contributed by atoms with van der Waals surface area (Å²) in [6.45, 7) is 6.73. The molecule has 0 aliphatic rings. The van der Waals surface area contributed by atoms with Crippen molar-refractivity contribution in [1.29, 1.82) is 0 Å². The second-order valence-electron chi connectivity index (χ2n) is 3.36. The number of halogens is 1. The van der Waals surface area contributed by atoms with E-state index in [1.54, 1.807) is 23.1 Å². The van der Waals surface area contributed by atoms with Crippen LogP contribution in [0.3, 0.4) is 0 Å². The molecular formula is C12H15BrN2O. The van der Waals surface area contributed by atoms with Gasteiger partial charge < -0.3 is 10.6 Å². The smallest absolute Gasteiger partial charge is 0.256 e. The molecule has 1 aromatic carbocycles. The number of amides is 1. The first-order chi connectivity index (χ1) is 7.60. The zero-order valence-electron chi connectivity index (χ0n) is 9.24. The van der Waals surface area contributed by atoms with Gasteiger partial charge in [0.1, 0.15) is 0 Å². The Bertz CT molecular complexity index is 404. The molecule has 0 atom stereocenters. The van der Waals surface area contributed by atoms with E-state index < -0.39 is 0 Å². The molecule has 0 spiro atoms. The molecule has 0 saturated carbocycles. The molecule has 1 aromatic rings. The number of benzene rings is 1. The summed E-state index contributed by atoms with van der Waals surface area (Å²) in [5.74, 6) is -0.0626. The van der Waals surface area contributed by atoms with Gasteiger partial charge in [0.15, 0.2) is 0 Å². The molecule has 0 aliphatic heterocycles. The summed E-state index contributed by atoms with van der Waals surface area (Å²) in [7, 11) is 0. The first-order valence-electron chi connectivity index (χ1n) is 5.05. The van der Waals surface area contributed by atoms with Gasteiger partial charge in [-0.15, -0.1) is 6.58 Å². The number of hydrogen-bond acceptors (Lipinski definition) is 2. The topological polar surface area (TPSA) is 46.3 Å². The molecule has 16 heavy (non-hydrogen) atoms. The Morgan fingerprint density at radius 2 is 2.31 bits per heavy atom. The van der Waals surface area contributed by atoms with Crippen LogP contribution in [-0.2, 0) is 0 Å². The summed E-state index contributed by atoms with van der Waals surface area (Å²) in [4.78, 5) is 13.8. The zero-order chi connectivity index (χ0) is 12.1. The maximum atomic E-state index is 12.1. The molecule has 2 N–H and O–H groups in total. The Balaban J connectivity index is 2.98. The van der Waals surface area contributed by atoms with Crippen LogP contribution in [0.4, 0.5) is 5.69 Å². The van der Waals surface area contributed by atoms with E-state index in [1.807, 2.05) is 13.0 Å². The molecule has 1 amide bonds. The molecule has 0 fully saturated rings. The van der Waals surface area contributed by atoms with Crippen molar-refractivity contribution in [1.82, 2.24) is 4.90 Å². The summed E-state index contributed by atoms with van der Waals surface area (Å²) in [5, 5.41) is 0. The van der Waals surface area contributed by atoms with E-state index in [0.29, 0.717) is 24.3 Å². The van der Waals surface area contributed by atoms with Crippen LogP contribution in [0, 0.1) is 0 Å². The minimum Gasteiger partial charge on any atom is -0.398 e. The van der Waals surface area contributed by atoms with E-state index >= 15 is 0 Å². The molecular weight excluding hydrogens is 268 g/mol. The molecule has 0 heterocycles. The molecule has 1 rings (SSSR count). The van der Waals surface area contributed by atoms with E-state index in [4.69, 9.17) is 5.73 Å². The summed E-state index contributed by atoms with van der Waals surface area (Å²) in [5.41, 5.74) is 6.83. The fraction of sp³-hybridized carbons (Fsp3) is 0.250. The highest BCUT2D eigenvalue weighted by Crippen LogP contribution is 2.19. The fourth-order valence-electron chi connectivity index (χ4n) is 1.41. The number of hydrogen-bond donors (Lipinski definition) is 1. The number of nitrogens with two attached hydrogens (primary N) is 1. The summed E-state index contributed by atoms with van der Waals surface area (Å²) < 4.78 is 0.869. The molecule has 0 radical (unpaired) electrons. The monoisotopic (exact) mass is 282 g/mol. The maximum absolute atomic E-state index is 12.1. The number of rotatable bonds is 4. The first kappa shape index (κ1) is 12.8. The lowest BCUT2D eigenvalue weighted by atomic mass is 10.1. The Morgan fingerprint density at radius 1 is 1.62 bits per heavy atom. The van der Waals surface area contributed by atoms with Crippen LogP contribution in [0.1, 0.15) is 17.3 Å². The number of likely N-dealkylation sites (N-methyl/N-ethyl adjacent to an activating group) is 1. The van der Waals surface area contributed by atoms with Crippen LogP contribution in [0.5, 0.6) is 0 Å². The molecule has 86 valence electrons. The number of nitrogens with zero attached hydrogens (tertiary/aromatic N) is 1. The van der Waals surface area contributed by atoms with Gasteiger partial charge in [-0.3, -0.25) is 4.79 Å².